The summed E-state index contributed by atoms with van der Waals surface area (Å²) in [5, 5.41) is 2.71. The highest BCUT2D eigenvalue weighted by Gasteiger charge is 2.60. The van der Waals surface area contributed by atoms with E-state index in [1.54, 1.807) is 6.07 Å². The molecule has 0 spiro atoms. The summed E-state index contributed by atoms with van der Waals surface area (Å²) in [4.78, 5) is 51.2. The van der Waals surface area contributed by atoms with Gasteiger partial charge >= 0.3 is 5.97 Å². The highest BCUT2D eigenvalue weighted by atomic mass is 16.5. The van der Waals surface area contributed by atoms with Gasteiger partial charge < -0.3 is 10.1 Å². The second kappa shape index (κ2) is 7.13. The van der Waals surface area contributed by atoms with Crippen molar-refractivity contribution in [2.45, 2.75) is 33.2 Å². The minimum absolute atomic E-state index is 0.0815. The molecule has 4 rings (SSSR count). The van der Waals surface area contributed by atoms with Gasteiger partial charge in [-0.05, 0) is 56.2 Å². The van der Waals surface area contributed by atoms with Crippen molar-refractivity contribution >= 4 is 29.4 Å². The van der Waals surface area contributed by atoms with Gasteiger partial charge in [-0.3, -0.25) is 19.3 Å². The van der Waals surface area contributed by atoms with E-state index in [0.717, 1.165) is 22.4 Å². The molecule has 1 saturated heterocycles. The number of amides is 3. The van der Waals surface area contributed by atoms with E-state index in [2.05, 4.69) is 5.32 Å². The Morgan fingerprint density at radius 2 is 1.76 bits per heavy atom. The van der Waals surface area contributed by atoms with E-state index in [4.69, 9.17) is 4.74 Å². The Kier molecular flexibility index (Phi) is 4.76. The second-order valence-electron chi connectivity index (χ2n) is 8.13. The lowest BCUT2D eigenvalue weighted by Gasteiger charge is -2.23. The molecule has 2 aliphatic carbocycles. The molecule has 1 aromatic carbocycles. The zero-order valence-electron chi connectivity index (χ0n) is 16.7. The third-order valence-electron chi connectivity index (χ3n) is 6.46. The first-order chi connectivity index (χ1) is 13.8. The molecule has 2 bridgehead atoms. The number of likely N-dealkylation sites (tertiary alicyclic amines) is 1. The van der Waals surface area contributed by atoms with Crippen molar-refractivity contribution in [3.05, 3.63) is 41.5 Å². The Morgan fingerprint density at radius 3 is 2.38 bits per heavy atom. The molecule has 2 fully saturated rings. The van der Waals surface area contributed by atoms with Crippen LogP contribution in [-0.4, -0.2) is 41.2 Å². The number of aryl methyl sites for hydroxylation is 1. The van der Waals surface area contributed by atoms with Crippen LogP contribution in [0.5, 0.6) is 0 Å². The average Bonchev–Trinajstić information content (AvgIpc) is 3.37. The van der Waals surface area contributed by atoms with Crippen LogP contribution in [0.2, 0.25) is 0 Å². The van der Waals surface area contributed by atoms with Gasteiger partial charge in [0.1, 0.15) is 6.04 Å². The average molecular weight is 396 g/mol. The van der Waals surface area contributed by atoms with Crippen LogP contribution in [0, 0.1) is 37.5 Å². The topological polar surface area (TPSA) is 92.8 Å². The number of benzene rings is 1. The van der Waals surface area contributed by atoms with E-state index >= 15 is 0 Å². The lowest BCUT2D eigenvalue weighted by Crippen LogP contribution is -2.45. The fraction of sp³-hybridized carbons (Fsp3) is 0.455. The van der Waals surface area contributed by atoms with E-state index in [0.29, 0.717) is 5.69 Å². The fourth-order valence-electron chi connectivity index (χ4n) is 4.74. The van der Waals surface area contributed by atoms with E-state index in [9.17, 15) is 19.2 Å². The first-order valence-electron chi connectivity index (χ1n) is 9.87. The molecular formula is C22H24N2O5. The minimum atomic E-state index is -1.05. The van der Waals surface area contributed by atoms with Crippen LogP contribution in [0.4, 0.5) is 5.69 Å². The van der Waals surface area contributed by atoms with Crippen LogP contribution in [0.15, 0.2) is 30.4 Å². The monoisotopic (exact) mass is 396 g/mol. The van der Waals surface area contributed by atoms with E-state index in [-0.39, 0.29) is 35.5 Å². The van der Waals surface area contributed by atoms with Gasteiger partial charge in [0.15, 0.2) is 6.61 Å². The van der Waals surface area contributed by atoms with Crippen molar-refractivity contribution in [2.24, 2.45) is 23.7 Å². The number of anilines is 1. The van der Waals surface area contributed by atoms with Crippen molar-refractivity contribution in [3.63, 3.8) is 0 Å². The summed E-state index contributed by atoms with van der Waals surface area (Å²) in [7, 11) is 0. The standard InChI is InChI=1S/C22H24N2O5/c1-11-5-4-6-16(12(11)2)23-17(25)10-29-22(28)13(3)24-20(26)18-14-7-8-15(9-14)19(18)21(24)27/h4-8,13-15,18-19H,9-10H2,1-3H3,(H,23,25)/t13-,14+,15+,18-,19+/m1/s1. The van der Waals surface area contributed by atoms with Crippen molar-refractivity contribution in [3.8, 4) is 0 Å². The predicted octanol–water partition coefficient (Wildman–Crippen LogP) is 1.98. The molecule has 3 aliphatic rings. The van der Waals surface area contributed by atoms with E-state index in [1.807, 2.05) is 38.1 Å². The van der Waals surface area contributed by atoms with Crippen molar-refractivity contribution in [1.29, 1.82) is 0 Å². The number of imide groups is 1. The lowest BCUT2D eigenvalue weighted by atomic mass is 9.85. The number of rotatable bonds is 5. The van der Waals surface area contributed by atoms with Gasteiger partial charge in [0, 0.05) is 5.69 Å². The largest absolute Gasteiger partial charge is 0.454 e. The molecule has 0 unspecified atom stereocenters. The van der Waals surface area contributed by atoms with Gasteiger partial charge in [-0.15, -0.1) is 0 Å². The van der Waals surface area contributed by atoms with Gasteiger partial charge in [0.2, 0.25) is 11.8 Å². The number of carbonyl (C=O) groups excluding carboxylic acids is 4. The molecule has 0 aromatic heterocycles. The number of allylic oxidation sites excluding steroid dienone is 2. The first kappa shape index (κ1) is 19.4. The molecule has 152 valence electrons. The number of fused-ring (bicyclic) bond motifs is 5. The van der Waals surface area contributed by atoms with Crippen LogP contribution in [0.3, 0.4) is 0 Å². The Morgan fingerprint density at radius 1 is 1.14 bits per heavy atom. The van der Waals surface area contributed by atoms with Gasteiger partial charge in [0.25, 0.3) is 5.91 Å². The summed E-state index contributed by atoms with van der Waals surface area (Å²) >= 11 is 0. The maximum Gasteiger partial charge on any atom is 0.329 e. The predicted molar refractivity (Wildman–Crippen MR) is 105 cm³/mol. The molecule has 7 heteroatoms. The Hall–Kier alpha value is -2.96. The number of ether oxygens (including phenoxy) is 1. The third kappa shape index (κ3) is 3.14. The van der Waals surface area contributed by atoms with Crippen LogP contribution in [0.25, 0.3) is 0 Å². The number of hydrogen-bond acceptors (Lipinski definition) is 5. The van der Waals surface area contributed by atoms with Gasteiger partial charge in [-0.2, -0.15) is 0 Å². The van der Waals surface area contributed by atoms with Crippen molar-refractivity contribution in [2.75, 3.05) is 11.9 Å². The Bertz CT molecular complexity index is 907. The molecule has 1 N–H and O–H groups in total. The Balaban J connectivity index is 1.35. The van der Waals surface area contributed by atoms with Gasteiger partial charge in [0.05, 0.1) is 11.8 Å². The SMILES string of the molecule is Cc1cccc(NC(=O)COC(=O)[C@@H](C)N2C(=O)[C@@H]3[C@H](C2=O)[C@H]2C=C[C@H]3C2)c1C. The highest BCUT2D eigenvalue weighted by molar-refractivity contribution is 6.09. The highest BCUT2D eigenvalue weighted by Crippen LogP contribution is 2.52. The summed E-state index contributed by atoms with van der Waals surface area (Å²) in [6.45, 7) is 4.82. The summed E-state index contributed by atoms with van der Waals surface area (Å²) < 4.78 is 5.10. The van der Waals surface area contributed by atoms with E-state index < -0.39 is 24.5 Å². The summed E-state index contributed by atoms with van der Waals surface area (Å²) in [6, 6.07) is 4.49. The third-order valence-corrected chi connectivity index (χ3v) is 6.46. The van der Waals surface area contributed by atoms with Crippen LogP contribution in [0.1, 0.15) is 24.5 Å². The summed E-state index contributed by atoms with van der Waals surface area (Å²) in [6.07, 6.45) is 4.83. The molecule has 1 aromatic rings. The molecule has 5 atom stereocenters. The molecule has 1 heterocycles. The lowest BCUT2D eigenvalue weighted by molar-refractivity contribution is -0.159. The van der Waals surface area contributed by atoms with Gasteiger partial charge in [-0.25, -0.2) is 4.79 Å². The summed E-state index contributed by atoms with van der Waals surface area (Å²) in [5.74, 6) is -2.40. The maximum atomic E-state index is 12.8. The summed E-state index contributed by atoms with van der Waals surface area (Å²) in [5.41, 5.74) is 2.62. The number of carbonyl (C=O) groups is 4. The number of nitrogens with zero attached hydrogens (tertiary/aromatic N) is 1. The molecule has 3 amide bonds. The zero-order valence-corrected chi connectivity index (χ0v) is 16.7. The normalized spacial score (nSPS) is 27.9. The molecule has 0 radical (unpaired) electrons. The molecular weight excluding hydrogens is 372 g/mol. The molecule has 7 nitrogen and oxygen atoms in total. The van der Waals surface area contributed by atoms with Gasteiger partial charge in [-0.1, -0.05) is 24.3 Å². The number of nitrogens with one attached hydrogen (secondary N) is 1. The van der Waals surface area contributed by atoms with Crippen LogP contribution in [-0.2, 0) is 23.9 Å². The number of hydrogen-bond donors (Lipinski definition) is 1. The van der Waals surface area contributed by atoms with Crippen LogP contribution >= 0.6 is 0 Å². The van der Waals surface area contributed by atoms with Crippen molar-refractivity contribution in [1.82, 2.24) is 4.90 Å². The molecule has 1 saturated carbocycles. The first-order valence-corrected chi connectivity index (χ1v) is 9.87. The second-order valence-corrected chi connectivity index (χ2v) is 8.13. The van der Waals surface area contributed by atoms with E-state index in [1.165, 1.54) is 6.92 Å². The molecule has 29 heavy (non-hydrogen) atoms. The maximum absolute atomic E-state index is 12.8. The number of esters is 1. The van der Waals surface area contributed by atoms with Crippen LogP contribution < -0.4 is 5.32 Å². The minimum Gasteiger partial charge on any atom is -0.454 e. The van der Waals surface area contributed by atoms with Crippen molar-refractivity contribution < 1.29 is 23.9 Å². The molecule has 1 aliphatic heterocycles. The Labute approximate surface area is 169 Å². The zero-order chi connectivity index (χ0) is 20.9. The smallest absolute Gasteiger partial charge is 0.329 e. The quantitative estimate of drug-likeness (QED) is 0.467. The fourth-order valence-corrected chi connectivity index (χ4v) is 4.74.